The molecule has 0 fully saturated rings. The topological polar surface area (TPSA) is 0 Å². The Hall–Kier alpha value is -0.750. The maximum atomic E-state index is 5.74. The van der Waals surface area contributed by atoms with Crippen molar-refractivity contribution in [1.82, 2.24) is 0 Å². The van der Waals surface area contributed by atoms with E-state index in [-0.39, 0.29) is 0 Å². The van der Waals surface area contributed by atoms with Gasteiger partial charge in [-0.05, 0) is 29.0 Å². The largest absolute Gasteiger partial charge is 0.126 e. The summed E-state index contributed by atoms with van der Waals surface area (Å²) in [6, 6.07) is 6.58. The first-order valence-corrected chi connectivity index (χ1v) is 5.53. The van der Waals surface area contributed by atoms with Crippen LogP contribution >= 0.6 is 11.6 Å². The molecule has 0 unspecified atom stereocenters. The highest BCUT2D eigenvalue weighted by atomic mass is 35.5. The van der Waals surface area contributed by atoms with Crippen LogP contribution in [0.5, 0.6) is 0 Å². The first-order valence-electron chi connectivity index (χ1n) is 4.99. The molecule has 0 aliphatic heterocycles. The van der Waals surface area contributed by atoms with Gasteiger partial charge in [0.15, 0.2) is 0 Å². The van der Waals surface area contributed by atoms with Crippen LogP contribution in [0.3, 0.4) is 0 Å². The zero-order valence-electron chi connectivity index (χ0n) is 8.89. The van der Waals surface area contributed by atoms with Crippen molar-refractivity contribution < 1.29 is 0 Å². The number of hydrogen-bond donors (Lipinski definition) is 0. The second-order valence-electron chi connectivity index (χ2n) is 3.81. The number of halogens is 1. The highest BCUT2D eigenvalue weighted by molar-refractivity contribution is 6.17. The molecule has 0 nitrogen and oxygen atoms in total. The van der Waals surface area contributed by atoms with Gasteiger partial charge >= 0.3 is 0 Å². The Balaban J connectivity index is 3.06. The third-order valence-electron chi connectivity index (χ3n) is 2.32. The molecular weight excluding hydrogens is 192 g/mol. The lowest BCUT2D eigenvalue weighted by molar-refractivity contribution is 0.862. The average Bonchev–Trinajstić information content (AvgIpc) is 2.17. The molecular formula is C13H17Cl. The van der Waals surface area contributed by atoms with E-state index in [1.807, 2.05) is 6.08 Å². The van der Waals surface area contributed by atoms with Gasteiger partial charge in [0.25, 0.3) is 0 Å². The Labute approximate surface area is 91.6 Å². The van der Waals surface area contributed by atoms with Crippen molar-refractivity contribution in [2.45, 2.75) is 26.2 Å². The molecule has 0 amide bonds. The highest BCUT2D eigenvalue weighted by Gasteiger charge is 2.02. The minimum Gasteiger partial charge on any atom is -0.126 e. The van der Waals surface area contributed by atoms with Crippen LogP contribution in [-0.4, -0.2) is 5.88 Å². The standard InChI is InChI=1S/C13H17Cl/c1-4-11-7-12(5-6-14)9-13(8-11)10(2)3/h4,7-10H,1,5-6H2,2-3H3. The van der Waals surface area contributed by atoms with Crippen molar-refractivity contribution in [2.75, 3.05) is 5.88 Å². The minimum atomic E-state index is 0.559. The van der Waals surface area contributed by atoms with Crippen LogP contribution in [0.25, 0.3) is 6.08 Å². The molecule has 0 spiro atoms. The van der Waals surface area contributed by atoms with Crippen molar-refractivity contribution >= 4 is 17.7 Å². The van der Waals surface area contributed by atoms with Gasteiger partial charge in [-0.1, -0.05) is 44.7 Å². The summed E-state index contributed by atoms with van der Waals surface area (Å²) < 4.78 is 0. The van der Waals surface area contributed by atoms with Crippen molar-refractivity contribution in [3.63, 3.8) is 0 Å². The molecule has 1 rings (SSSR count). The Morgan fingerprint density at radius 2 is 2.07 bits per heavy atom. The minimum absolute atomic E-state index is 0.559. The number of aryl methyl sites for hydroxylation is 1. The van der Waals surface area contributed by atoms with E-state index in [2.05, 4.69) is 38.6 Å². The van der Waals surface area contributed by atoms with E-state index in [9.17, 15) is 0 Å². The fourth-order valence-corrected chi connectivity index (χ4v) is 1.67. The molecule has 0 bridgehead atoms. The van der Waals surface area contributed by atoms with Gasteiger partial charge < -0.3 is 0 Å². The van der Waals surface area contributed by atoms with E-state index >= 15 is 0 Å². The Bertz CT molecular complexity index is 313. The molecule has 0 radical (unpaired) electrons. The monoisotopic (exact) mass is 208 g/mol. The van der Waals surface area contributed by atoms with Crippen LogP contribution < -0.4 is 0 Å². The van der Waals surface area contributed by atoms with Gasteiger partial charge in [0, 0.05) is 5.88 Å². The van der Waals surface area contributed by atoms with Crippen LogP contribution in [0.2, 0.25) is 0 Å². The summed E-state index contributed by atoms with van der Waals surface area (Å²) >= 11 is 5.74. The third-order valence-corrected chi connectivity index (χ3v) is 2.51. The summed E-state index contributed by atoms with van der Waals surface area (Å²) in [6.45, 7) is 8.20. The molecule has 0 N–H and O–H groups in total. The first kappa shape index (κ1) is 11.3. The van der Waals surface area contributed by atoms with Gasteiger partial charge in [0.2, 0.25) is 0 Å². The summed E-state index contributed by atoms with van der Waals surface area (Å²) in [6.07, 6.45) is 2.83. The van der Waals surface area contributed by atoms with Crippen LogP contribution in [0.1, 0.15) is 36.5 Å². The SMILES string of the molecule is C=Cc1cc(CCCl)cc(C(C)C)c1. The summed E-state index contributed by atoms with van der Waals surface area (Å²) in [4.78, 5) is 0. The zero-order chi connectivity index (χ0) is 10.6. The van der Waals surface area contributed by atoms with Crippen molar-refractivity contribution in [2.24, 2.45) is 0 Å². The van der Waals surface area contributed by atoms with Crippen LogP contribution in [0.15, 0.2) is 24.8 Å². The van der Waals surface area contributed by atoms with Crippen LogP contribution in [0, 0.1) is 0 Å². The smallest absolute Gasteiger partial charge is 0.0263 e. The van der Waals surface area contributed by atoms with Crippen molar-refractivity contribution in [3.05, 3.63) is 41.5 Å². The van der Waals surface area contributed by atoms with Crippen LogP contribution in [0.4, 0.5) is 0 Å². The molecule has 0 saturated carbocycles. The first-order chi connectivity index (χ1) is 6.67. The van der Waals surface area contributed by atoms with E-state index in [1.54, 1.807) is 0 Å². The molecule has 76 valence electrons. The van der Waals surface area contributed by atoms with E-state index in [0.717, 1.165) is 6.42 Å². The normalized spacial score (nSPS) is 10.6. The van der Waals surface area contributed by atoms with E-state index in [1.165, 1.54) is 16.7 Å². The van der Waals surface area contributed by atoms with E-state index in [4.69, 9.17) is 11.6 Å². The van der Waals surface area contributed by atoms with Gasteiger partial charge in [-0.15, -0.1) is 11.6 Å². The van der Waals surface area contributed by atoms with E-state index < -0.39 is 0 Å². The number of alkyl halides is 1. The predicted molar refractivity (Wildman–Crippen MR) is 65.0 cm³/mol. The Morgan fingerprint density at radius 1 is 1.36 bits per heavy atom. The zero-order valence-corrected chi connectivity index (χ0v) is 9.64. The predicted octanol–water partition coefficient (Wildman–Crippen LogP) is 4.23. The summed E-state index contributed by atoms with van der Waals surface area (Å²) in [5, 5.41) is 0. The quantitative estimate of drug-likeness (QED) is 0.650. The summed E-state index contributed by atoms with van der Waals surface area (Å²) in [7, 11) is 0. The van der Waals surface area contributed by atoms with Gasteiger partial charge in [-0.2, -0.15) is 0 Å². The molecule has 14 heavy (non-hydrogen) atoms. The number of rotatable bonds is 4. The van der Waals surface area contributed by atoms with Gasteiger partial charge in [0.05, 0.1) is 0 Å². The molecule has 0 saturated heterocycles. The number of benzene rings is 1. The van der Waals surface area contributed by atoms with E-state index in [0.29, 0.717) is 11.8 Å². The summed E-state index contributed by atoms with van der Waals surface area (Å²) in [5.41, 5.74) is 3.86. The Kier molecular flexibility index (Phi) is 4.21. The lowest BCUT2D eigenvalue weighted by Crippen LogP contribution is -1.93. The Morgan fingerprint density at radius 3 is 2.57 bits per heavy atom. The second-order valence-corrected chi connectivity index (χ2v) is 4.18. The highest BCUT2D eigenvalue weighted by Crippen LogP contribution is 2.19. The molecule has 0 atom stereocenters. The molecule has 0 aliphatic carbocycles. The average molecular weight is 209 g/mol. The molecule has 1 aromatic carbocycles. The van der Waals surface area contributed by atoms with Crippen LogP contribution in [-0.2, 0) is 6.42 Å². The fourth-order valence-electron chi connectivity index (χ4n) is 1.45. The van der Waals surface area contributed by atoms with Crippen molar-refractivity contribution in [1.29, 1.82) is 0 Å². The van der Waals surface area contributed by atoms with Gasteiger partial charge in [0.1, 0.15) is 0 Å². The number of hydrogen-bond acceptors (Lipinski definition) is 0. The maximum absolute atomic E-state index is 5.74. The molecule has 0 heterocycles. The lowest BCUT2D eigenvalue weighted by Gasteiger charge is -2.09. The molecule has 0 aromatic heterocycles. The van der Waals surface area contributed by atoms with Gasteiger partial charge in [-0.25, -0.2) is 0 Å². The summed E-state index contributed by atoms with van der Waals surface area (Å²) in [5.74, 6) is 1.24. The lowest BCUT2D eigenvalue weighted by atomic mass is 9.97. The van der Waals surface area contributed by atoms with Crippen molar-refractivity contribution in [3.8, 4) is 0 Å². The molecule has 0 aliphatic rings. The second kappa shape index (κ2) is 5.21. The molecule has 1 heteroatoms. The maximum Gasteiger partial charge on any atom is 0.0263 e. The fraction of sp³-hybridized carbons (Fsp3) is 0.385. The third kappa shape index (κ3) is 2.88. The molecule has 1 aromatic rings. The van der Waals surface area contributed by atoms with Gasteiger partial charge in [-0.3, -0.25) is 0 Å².